The summed E-state index contributed by atoms with van der Waals surface area (Å²) in [5.74, 6) is 1.65. The van der Waals surface area contributed by atoms with E-state index in [1.165, 1.54) is 23.2 Å². The van der Waals surface area contributed by atoms with E-state index < -0.39 is 0 Å². The molecule has 2 aliphatic rings. The second-order valence-corrected chi connectivity index (χ2v) is 7.17. The molecule has 132 valence electrons. The Morgan fingerprint density at radius 2 is 2.00 bits per heavy atom. The zero-order valence-corrected chi connectivity index (χ0v) is 14.9. The molecule has 1 atom stereocenters. The second-order valence-electron chi connectivity index (χ2n) is 7.17. The van der Waals surface area contributed by atoms with Gasteiger partial charge in [0.1, 0.15) is 12.1 Å². The van der Waals surface area contributed by atoms with E-state index in [0.29, 0.717) is 5.92 Å². The Kier molecular flexibility index (Phi) is 4.95. The molecule has 0 unspecified atom stereocenters. The number of hydrogen-bond donors (Lipinski definition) is 1. The van der Waals surface area contributed by atoms with Gasteiger partial charge in [0.05, 0.1) is 12.3 Å². The van der Waals surface area contributed by atoms with E-state index >= 15 is 0 Å². The van der Waals surface area contributed by atoms with E-state index in [-0.39, 0.29) is 0 Å². The van der Waals surface area contributed by atoms with E-state index in [4.69, 9.17) is 4.74 Å². The number of anilines is 2. The van der Waals surface area contributed by atoms with Crippen LogP contribution in [0.1, 0.15) is 23.2 Å². The van der Waals surface area contributed by atoms with Crippen LogP contribution >= 0.6 is 0 Å². The summed E-state index contributed by atoms with van der Waals surface area (Å²) in [6, 6.07) is 8.45. The summed E-state index contributed by atoms with van der Waals surface area (Å²) < 4.78 is 5.53. The second kappa shape index (κ2) is 7.50. The Morgan fingerprint density at radius 3 is 2.80 bits per heavy atom. The van der Waals surface area contributed by atoms with Crippen LogP contribution in [0.5, 0.6) is 0 Å². The normalized spacial score (nSPS) is 20.9. The predicted molar refractivity (Wildman–Crippen MR) is 99.3 cm³/mol. The van der Waals surface area contributed by atoms with Crippen molar-refractivity contribution < 1.29 is 4.74 Å². The van der Waals surface area contributed by atoms with E-state index in [2.05, 4.69) is 51.4 Å². The van der Waals surface area contributed by atoms with Gasteiger partial charge in [-0.3, -0.25) is 0 Å². The van der Waals surface area contributed by atoms with E-state index in [1.807, 2.05) is 0 Å². The maximum atomic E-state index is 5.53. The van der Waals surface area contributed by atoms with Crippen LogP contribution in [0, 0.1) is 12.8 Å². The van der Waals surface area contributed by atoms with Gasteiger partial charge in [0.15, 0.2) is 0 Å². The number of aromatic nitrogens is 2. The van der Waals surface area contributed by atoms with Gasteiger partial charge in [0.25, 0.3) is 0 Å². The maximum Gasteiger partial charge on any atom is 0.137 e. The highest BCUT2D eigenvalue weighted by Gasteiger charge is 2.23. The zero-order chi connectivity index (χ0) is 17.1. The van der Waals surface area contributed by atoms with Gasteiger partial charge in [-0.25, -0.2) is 9.97 Å². The maximum absolute atomic E-state index is 5.53. The molecule has 0 saturated carbocycles. The number of benzene rings is 1. The Hall–Kier alpha value is -1.98. The summed E-state index contributed by atoms with van der Waals surface area (Å²) >= 11 is 0. The Labute approximate surface area is 149 Å². The van der Waals surface area contributed by atoms with Crippen molar-refractivity contribution in [2.24, 2.45) is 5.92 Å². The van der Waals surface area contributed by atoms with Crippen molar-refractivity contribution in [2.45, 2.75) is 26.2 Å². The fourth-order valence-corrected chi connectivity index (χ4v) is 3.73. The Bertz CT molecular complexity index is 710. The summed E-state index contributed by atoms with van der Waals surface area (Å²) in [4.78, 5) is 11.6. The first-order valence-corrected chi connectivity index (χ1v) is 9.24. The first kappa shape index (κ1) is 16.5. The van der Waals surface area contributed by atoms with Crippen LogP contribution in [0.25, 0.3) is 0 Å². The standard InChI is InChI=1S/C20H26N4O/c1-15-2-4-17(5-3-15)23-20-18-6-9-24(12-16-8-11-25-13-16)10-7-19(18)21-14-22-20/h2-5,14,16H,6-13H2,1H3,(H,21,22,23)/t16-/m0/s1. The van der Waals surface area contributed by atoms with Gasteiger partial charge < -0.3 is 15.0 Å². The minimum atomic E-state index is 0.692. The fourth-order valence-electron chi connectivity index (χ4n) is 3.73. The smallest absolute Gasteiger partial charge is 0.137 e. The number of aryl methyl sites for hydroxylation is 1. The molecule has 3 heterocycles. The van der Waals surface area contributed by atoms with Crippen molar-refractivity contribution in [3.63, 3.8) is 0 Å². The van der Waals surface area contributed by atoms with Crippen LogP contribution in [0.2, 0.25) is 0 Å². The third kappa shape index (κ3) is 3.99. The van der Waals surface area contributed by atoms with Crippen LogP contribution < -0.4 is 5.32 Å². The molecule has 1 saturated heterocycles. The third-order valence-electron chi connectivity index (χ3n) is 5.23. The lowest BCUT2D eigenvalue weighted by Gasteiger charge is -2.22. The first-order chi connectivity index (χ1) is 12.3. The van der Waals surface area contributed by atoms with Gasteiger partial charge in [-0.05, 0) is 37.8 Å². The van der Waals surface area contributed by atoms with E-state index in [0.717, 1.165) is 57.2 Å². The van der Waals surface area contributed by atoms with Crippen molar-refractivity contribution in [3.8, 4) is 0 Å². The molecule has 0 spiro atoms. The molecule has 5 heteroatoms. The summed E-state index contributed by atoms with van der Waals surface area (Å²) in [5.41, 5.74) is 4.80. The quantitative estimate of drug-likeness (QED) is 0.929. The van der Waals surface area contributed by atoms with Gasteiger partial charge >= 0.3 is 0 Å². The first-order valence-electron chi connectivity index (χ1n) is 9.24. The predicted octanol–water partition coefficient (Wildman–Crippen LogP) is 2.97. The molecule has 1 N–H and O–H groups in total. The molecule has 0 bridgehead atoms. The monoisotopic (exact) mass is 338 g/mol. The lowest BCUT2D eigenvalue weighted by atomic mass is 10.1. The minimum absolute atomic E-state index is 0.692. The lowest BCUT2D eigenvalue weighted by molar-refractivity contribution is 0.168. The van der Waals surface area contributed by atoms with Gasteiger partial charge in [-0.1, -0.05) is 17.7 Å². The van der Waals surface area contributed by atoms with Gasteiger partial charge in [-0.2, -0.15) is 0 Å². The zero-order valence-electron chi connectivity index (χ0n) is 14.9. The molecule has 4 rings (SSSR count). The number of ether oxygens (including phenoxy) is 1. The summed E-state index contributed by atoms with van der Waals surface area (Å²) in [6.07, 6.45) is 4.88. The van der Waals surface area contributed by atoms with Gasteiger partial charge in [0.2, 0.25) is 0 Å². The van der Waals surface area contributed by atoms with Crippen molar-refractivity contribution >= 4 is 11.5 Å². The number of hydrogen-bond acceptors (Lipinski definition) is 5. The number of rotatable bonds is 4. The molecule has 1 aromatic carbocycles. The highest BCUT2D eigenvalue weighted by Crippen LogP contribution is 2.25. The van der Waals surface area contributed by atoms with Crippen molar-refractivity contribution in [1.29, 1.82) is 0 Å². The SMILES string of the molecule is Cc1ccc(Nc2ncnc3c2CCN(C[C@@H]2CCOC2)CC3)cc1. The molecule has 0 radical (unpaired) electrons. The van der Waals surface area contributed by atoms with Crippen LogP contribution in [-0.2, 0) is 17.6 Å². The van der Waals surface area contributed by atoms with Gasteiger partial charge in [0, 0.05) is 43.9 Å². The number of fused-ring (bicyclic) bond motifs is 1. The number of nitrogens with zero attached hydrogens (tertiary/aromatic N) is 3. The van der Waals surface area contributed by atoms with Gasteiger partial charge in [-0.15, -0.1) is 0 Å². The summed E-state index contributed by atoms with van der Waals surface area (Å²) in [6.45, 7) is 7.23. The molecule has 5 nitrogen and oxygen atoms in total. The highest BCUT2D eigenvalue weighted by atomic mass is 16.5. The van der Waals surface area contributed by atoms with Crippen molar-refractivity contribution in [2.75, 3.05) is 38.2 Å². The van der Waals surface area contributed by atoms with Crippen molar-refractivity contribution in [3.05, 3.63) is 47.4 Å². The molecule has 1 aromatic heterocycles. The molecule has 1 fully saturated rings. The van der Waals surface area contributed by atoms with Crippen LogP contribution in [0.3, 0.4) is 0 Å². The highest BCUT2D eigenvalue weighted by molar-refractivity contribution is 5.60. The van der Waals surface area contributed by atoms with Crippen LogP contribution in [0.15, 0.2) is 30.6 Å². The van der Waals surface area contributed by atoms with E-state index in [9.17, 15) is 0 Å². The minimum Gasteiger partial charge on any atom is -0.381 e. The summed E-state index contributed by atoms with van der Waals surface area (Å²) in [5, 5.41) is 3.49. The molecule has 2 aliphatic heterocycles. The van der Waals surface area contributed by atoms with Crippen LogP contribution in [-0.4, -0.2) is 47.7 Å². The molecule has 0 aliphatic carbocycles. The third-order valence-corrected chi connectivity index (χ3v) is 5.23. The molecule has 0 amide bonds. The lowest BCUT2D eigenvalue weighted by Crippen LogP contribution is -2.32. The summed E-state index contributed by atoms with van der Waals surface area (Å²) in [7, 11) is 0. The van der Waals surface area contributed by atoms with Crippen molar-refractivity contribution in [1.82, 2.24) is 14.9 Å². The molecular weight excluding hydrogens is 312 g/mol. The topological polar surface area (TPSA) is 50.3 Å². The largest absolute Gasteiger partial charge is 0.381 e. The Morgan fingerprint density at radius 1 is 1.16 bits per heavy atom. The number of nitrogens with one attached hydrogen (secondary N) is 1. The van der Waals surface area contributed by atoms with Crippen LogP contribution in [0.4, 0.5) is 11.5 Å². The molecule has 2 aromatic rings. The average molecular weight is 338 g/mol. The molecule has 25 heavy (non-hydrogen) atoms. The molecular formula is C20H26N4O. The Balaban J connectivity index is 1.47. The van der Waals surface area contributed by atoms with E-state index in [1.54, 1.807) is 6.33 Å². The fraction of sp³-hybridized carbons (Fsp3) is 0.500. The average Bonchev–Trinajstić information content (AvgIpc) is 3.04.